The van der Waals surface area contributed by atoms with Gasteiger partial charge in [0.05, 0.1) is 6.04 Å². The van der Waals surface area contributed by atoms with Crippen LogP contribution in [0.4, 0.5) is 5.69 Å². The monoisotopic (exact) mass is 262 g/mol. The average molecular weight is 262 g/mol. The minimum atomic E-state index is -0.845. The lowest BCUT2D eigenvalue weighted by Crippen LogP contribution is -2.35. The van der Waals surface area contributed by atoms with E-state index in [-0.39, 0.29) is 12.3 Å². The van der Waals surface area contributed by atoms with Crippen molar-refractivity contribution >= 4 is 17.6 Å². The maximum atomic E-state index is 11.7. The molecule has 1 rings (SSSR count). The molecular formula is C14H18N2O3. The molecule has 1 aromatic carbocycles. The van der Waals surface area contributed by atoms with Gasteiger partial charge < -0.3 is 16.2 Å². The number of amides is 1. The topological polar surface area (TPSA) is 92.4 Å². The Hall–Kier alpha value is -2.14. The fraction of sp³-hybridized carbons (Fsp3) is 0.286. The summed E-state index contributed by atoms with van der Waals surface area (Å²) in [6, 6.07) is 6.46. The van der Waals surface area contributed by atoms with Gasteiger partial charge in [0.15, 0.2) is 0 Å². The van der Waals surface area contributed by atoms with Crippen molar-refractivity contribution in [2.24, 2.45) is 5.73 Å². The molecule has 1 aromatic rings. The van der Waals surface area contributed by atoms with Crippen LogP contribution in [0.2, 0.25) is 0 Å². The molecule has 0 aliphatic heterocycles. The highest BCUT2D eigenvalue weighted by molar-refractivity contribution is 5.94. The minimum absolute atomic E-state index is 0.0629. The predicted octanol–water partition coefficient (Wildman–Crippen LogP) is 1.55. The highest BCUT2D eigenvalue weighted by atomic mass is 16.4. The van der Waals surface area contributed by atoms with E-state index in [0.717, 1.165) is 5.56 Å². The number of carboxylic acid groups (broad SMARTS) is 1. The molecule has 0 fully saturated rings. The van der Waals surface area contributed by atoms with Gasteiger partial charge in [-0.1, -0.05) is 18.2 Å². The Morgan fingerprint density at radius 1 is 1.47 bits per heavy atom. The summed E-state index contributed by atoms with van der Waals surface area (Å²) in [6.45, 7) is 3.53. The molecule has 5 heteroatoms. The van der Waals surface area contributed by atoms with E-state index >= 15 is 0 Å². The number of aliphatic carboxylic acids is 1. The highest BCUT2D eigenvalue weighted by Gasteiger charge is 2.11. The number of rotatable bonds is 7. The van der Waals surface area contributed by atoms with Gasteiger partial charge in [0, 0.05) is 12.1 Å². The Kier molecular flexibility index (Phi) is 5.75. The molecule has 0 aliphatic rings. The Morgan fingerprint density at radius 2 is 2.21 bits per heavy atom. The quantitative estimate of drug-likeness (QED) is 0.650. The normalized spacial score (nSPS) is 11.6. The number of hydrogen-bond donors (Lipinski definition) is 3. The molecule has 1 atom stereocenters. The molecule has 0 bridgehead atoms. The van der Waals surface area contributed by atoms with Gasteiger partial charge in [-0.05, 0) is 30.5 Å². The van der Waals surface area contributed by atoms with Crippen LogP contribution < -0.4 is 11.1 Å². The van der Waals surface area contributed by atoms with E-state index in [1.165, 1.54) is 0 Å². The van der Waals surface area contributed by atoms with Crippen molar-refractivity contribution < 1.29 is 14.7 Å². The summed E-state index contributed by atoms with van der Waals surface area (Å²) in [5, 5.41) is 11.3. The minimum Gasteiger partial charge on any atom is -0.481 e. The van der Waals surface area contributed by atoms with Gasteiger partial charge in [0.1, 0.15) is 0 Å². The van der Waals surface area contributed by atoms with Crippen LogP contribution in [0.15, 0.2) is 36.9 Å². The van der Waals surface area contributed by atoms with E-state index < -0.39 is 12.0 Å². The molecule has 102 valence electrons. The van der Waals surface area contributed by atoms with Crippen LogP contribution in [0.1, 0.15) is 18.4 Å². The first-order valence-corrected chi connectivity index (χ1v) is 6.01. The fourth-order valence-electron chi connectivity index (χ4n) is 1.58. The van der Waals surface area contributed by atoms with Crippen molar-refractivity contribution in [2.45, 2.75) is 25.3 Å². The van der Waals surface area contributed by atoms with Gasteiger partial charge in [-0.3, -0.25) is 9.59 Å². The number of carbonyl (C=O) groups excluding carboxylic acids is 1. The van der Waals surface area contributed by atoms with Crippen molar-refractivity contribution in [1.29, 1.82) is 0 Å². The molecule has 0 aromatic heterocycles. The molecule has 0 saturated carbocycles. The van der Waals surface area contributed by atoms with Crippen LogP contribution in [0, 0.1) is 0 Å². The first kappa shape index (κ1) is 14.9. The van der Waals surface area contributed by atoms with E-state index in [1.54, 1.807) is 24.3 Å². The van der Waals surface area contributed by atoms with E-state index in [4.69, 9.17) is 10.8 Å². The van der Waals surface area contributed by atoms with Crippen LogP contribution in [0.25, 0.3) is 0 Å². The van der Waals surface area contributed by atoms with Gasteiger partial charge in [-0.25, -0.2) is 0 Å². The maximum absolute atomic E-state index is 11.7. The van der Waals surface area contributed by atoms with Crippen LogP contribution in [0.5, 0.6) is 0 Å². The molecule has 4 N–H and O–H groups in total. The molecule has 1 unspecified atom stereocenters. The Balaban J connectivity index is 2.63. The van der Waals surface area contributed by atoms with Gasteiger partial charge in [-0.15, -0.1) is 6.58 Å². The number of aryl methyl sites for hydroxylation is 1. The lowest BCUT2D eigenvalue weighted by atomic mass is 10.1. The van der Waals surface area contributed by atoms with Crippen molar-refractivity contribution in [3.8, 4) is 0 Å². The predicted molar refractivity (Wildman–Crippen MR) is 73.8 cm³/mol. The third-order valence-corrected chi connectivity index (χ3v) is 2.58. The molecule has 0 saturated heterocycles. The number of hydrogen-bond acceptors (Lipinski definition) is 3. The van der Waals surface area contributed by atoms with E-state index in [1.807, 2.05) is 6.07 Å². The number of carbonyl (C=O) groups is 2. The summed E-state index contributed by atoms with van der Waals surface area (Å²) in [6.07, 6.45) is 2.49. The third kappa shape index (κ3) is 5.35. The van der Waals surface area contributed by atoms with E-state index in [2.05, 4.69) is 11.9 Å². The Morgan fingerprint density at radius 3 is 2.84 bits per heavy atom. The number of benzene rings is 1. The molecule has 0 aliphatic carbocycles. The van der Waals surface area contributed by atoms with Gasteiger partial charge in [0.25, 0.3) is 0 Å². The number of carboxylic acids is 1. The number of anilines is 1. The summed E-state index contributed by atoms with van der Waals surface area (Å²) >= 11 is 0. The van der Waals surface area contributed by atoms with Crippen molar-refractivity contribution in [1.82, 2.24) is 0 Å². The lowest BCUT2D eigenvalue weighted by Gasteiger charge is -2.11. The summed E-state index contributed by atoms with van der Waals surface area (Å²) < 4.78 is 0. The molecular weight excluding hydrogens is 244 g/mol. The smallest absolute Gasteiger partial charge is 0.303 e. The highest BCUT2D eigenvalue weighted by Crippen LogP contribution is 2.12. The zero-order valence-corrected chi connectivity index (χ0v) is 10.6. The maximum Gasteiger partial charge on any atom is 0.303 e. The van der Waals surface area contributed by atoms with E-state index in [0.29, 0.717) is 18.5 Å². The van der Waals surface area contributed by atoms with Crippen molar-refractivity contribution in [3.05, 3.63) is 42.5 Å². The van der Waals surface area contributed by atoms with Crippen LogP contribution in [-0.4, -0.2) is 23.0 Å². The second-order valence-corrected chi connectivity index (χ2v) is 4.21. The van der Waals surface area contributed by atoms with Crippen molar-refractivity contribution in [3.63, 3.8) is 0 Å². The zero-order chi connectivity index (χ0) is 14.3. The molecule has 19 heavy (non-hydrogen) atoms. The van der Waals surface area contributed by atoms with Crippen molar-refractivity contribution in [2.75, 3.05) is 5.32 Å². The summed E-state index contributed by atoms with van der Waals surface area (Å²) in [5.74, 6) is -1.13. The first-order chi connectivity index (χ1) is 9.02. The molecule has 1 amide bonds. The van der Waals surface area contributed by atoms with Crippen LogP contribution in [0.3, 0.4) is 0 Å². The van der Waals surface area contributed by atoms with E-state index in [9.17, 15) is 9.59 Å². The van der Waals surface area contributed by atoms with Gasteiger partial charge >= 0.3 is 5.97 Å². The van der Waals surface area contributed by atoms with Crippen LogP contribution in [-0.2, 0) is 16.0 Å². The second-order valence-electron chi connectivity index (χ2n) is 4.21. The average Bonchev–Trinajstić information content (AvgIpc) is 2.37. The summed E-state index contributed by atoms with van der Waals surface area (Å²) in [7, 11) is 0. The molecule has 5 nitrogen and oxygen atoms in total. The Labute approximate surface area is 112 Å². The largest absolute Gasteiger partial charge is 0.481 e. The third-order valence-electron chi connectivity index (χ3n) is 2.58. The summed E-state index contributed by atoms with van der Waals surface area (Å²) in [5.41, 5.74) is 7.13. The molecule has 0 heterocycles. The SMILES string of the molecule is C=CCC(N)C(=O)Nc1cccc(CCC(=O)O)c1. The summed E-state index contributed by atoms with van der Waals surface area (Å²) in [4.78, 5) is 22.2. The lowest BCUT2D eigenvalue weighted by molar-refractivity contribution is -0.137. The van der Waals surface area contributed by atoms with Gasteiger partial charge in [-0.2, -0.15) is 0 Å². The number of nitrogens with two attached hydrogens (primary N) is 1. The fourth-order valence-corrected chi connectivity index (χ4v) is 1.58. The van der Waals surface area contributed by atoms with Gasteiger partial charge in [0.2, 0.25) is 5.91 Å². The molecule has 0 spiro atoms. The second kappa shape index (κ2) is 7.33. The number of nitrogens with one attached hydrogen (secondary N) is 1. The molecule has 0 radical (unpaired) electrons. The standard InChI is InChI=1S/C14H18N2O3/c1-2-4-12(15)14(19)16-11-6-3-5-10(9-11)7-8-13(17)18/h2-3,5-6,9,12H,1,4,7-8,15H2,(H,16,19)(H,17,18). The zero-order valence-electron chi connectivity index (χ0n) is 10.6. The first-order valence-electron chi connectivity index (χ1n) is 6.01. The van der Waals surface area contributed by atoms with Crippen LogP contribution >= 0.6 is 0 Å². The Bertz CT molecular complexity index is 472.